The molecule has 1 aromatic carbocycles. The fourth-order valence-electron chi connectivity index (χ4n) is 3.66. The Morgan fingerprint density at radius 1 is 1.23 bits per heavy atom. The Bertz CT molecular complexity index is 1010. The van der Waals surface area contributed by atoms with Crippen LogP contribution in [-0.4, -0.2) is 60.9 Å². The lowest BCUT2D eigenvalue weighted by atomic mass is 9.94. The second-order valence-electron chi connectivity index (χ2n) is 8.00. The number of pyridine rings is 1. The number of amidine groups is 1. The molecular weight excluding hydrogens is 390 g/mol. The lowest BCUT2D eigenvalue weighted by molar-refractivity contribution is 0.102. The van der Waals surface area contributed by atoms with Crippen molar-refractivity contribution < 1.29 is 9.53 Å². The second-order valence-corrected chi connectivity index (χ2v) is 8.00. The molecule has 1 aliphatic rings. The summed E-state index contributed by atoms with van der Waals surface area (Å²) in [6.45, 7) is 7.92. The standard InChI is InChI=1S/C24H31N5O2/c1-16-11-12-29(18(3)27-28(4)5)15-22(16)19-7-9-20(10-8-19)26-24(30)21-14-25-23(31-6)13-17(21)2/h7-10,13-14H,11-12,15H2,1-6H3,(H,26,30)/b27-18+. The SMILES string of the molecule is COc1cc(C)c(C(=O)Nc2ccc(C3=C(C)CCN(/C(C)=N/N(C)C)C3)cc2)cn1. The van der Waals surface area contributed by atoms with Gasteiger partial charge in [0.15, 0.2) is 0 Å². The molecule has 0 unspecified atom stereocenters. The number of nitrogens with one attached hydrogen (secondary N) is 1. The number of hydrogen-bond donors (Lipinski definition) is 1. The monoisotopic (exact) mass is 421 g/mol. The highest BCUT2D eigenvalue weighted by atomic mass is 16.5. The van der Waals surface area contributed by atoms with Crippen LogP contribution >= 0.6 is 0 Å². The molecule has 164 valence electrons. The number of benzene rings is 1. The van der Waals surface area contributed by atoms with Crippen molar-refractivity contribution in [1.29, 1.82) is 0 Å². The van der Waals surface area contributed by atoms with Gasteiger partial charge in [-0.15, -0.1) is 0 Å². The van der Waals surface area contributed by atoms with Gasteiger partial charge in [0.1, 0.15) is 5.84 Å². The predicted octanol–water partition coefficient (Wildman–Crippen LogP) is 4.03. The smallest absolute Gasteiger partial charge is 0.257 e. The van der Waals surface area contributed by atoms with Crippen molar-refractivity contribution >= 4 is 23.0 Å². The third kappa shape index (κ3) is 5.42. The van der Waals surface area contributed by atoms with Crippen molar-refractivity contribution in [3.8, 4) is 5.88 Å². The highest BCUT2D eigenvalue weighted by molar-refractivity contribution is 6.05. The summed E-state index contributed by atoms with van der Waals surface area (Å²) >= 11 is 0. The number of carbonyl (C=O) groups excluding carboxylic acids is 1. The van der Waals surface area contributed by atoms with Crippen molar-refractivity contribution in [3.63, 3.8) is 0 Å². The number of rotatable bonds is 5. The topological polar surface area (TPSA) is 70.1 Å². The fraction of sp³-hybridized carbons (Fsp3) is 0.375. The number of methoxy groups -OCH3 is 1. The molecule has 1 N–H and O–H groups in total. The van der Waals surface area contributed by atoms with E-state index in [1.54, 1.807) is 19.4 Å². The summed E-state index contributed by atoms with van der Waals surface area (Å²) in [5.41, 5.74) is 5.97. The van der Waals surface area contributed by atoms with E-state index in [0.717, 1.165) is 36.6 Å². The first kappa shape index (κ1) is 22.3. The Kier molecular flexibility index (Phi) is 6.95. The minimum absolute atomic E-state index is 0.185. The maximum Gasteiger partial charge on any atom is 0.257 e. The molecule has 7 heteroatoms. The molecule has 1 aliphatic heterocycles. The number of nitrogens with zero attached hydrogens (tertiary/aromatic N) is 4. The number of hydrazone groups is 1. The van der Waals surface area contributed by atoms with Crippen molar-refractivity contribution in [2.24, 2.45) is 5.10 Å². The van der Waals surface area contributed by atoms with E-state index >= 15 is 0 Å². The van der Waals surface area contributed by atoms with Gasteiger partial charge in [0.2, 0.25) is 5.88 Å². The van der Waals surface area contributed by atoms with E-state index in [2.05, 4.69) is 39.4 Å². The third-order valence-corrected chi connectivity index (χ3v) is 5.45. The normalized spacial score (nSPS) is 14.5. The summed E-state index contributed by atoms with van der Waals surface area (Å²) < 4.78 is 5.11. The molecule has 0 aliphatic carbocycles. The van der Waals surface area contributed by atoms with E-state index in [0.29, 0.717) is 11.4 Å². The van der Waals surface area contributed by atoms with Gasteiger partial charge in [-0.1, -0.05) is 17.7 Å². The average molecular weight is 422 g/mol. The Hall–Kier alpha value is -3.35. The van der Waals surface area contributed by atoms with Crippen LogP contribution < -0.4 is 10.1 Å². The predicted molar refractivity (Wildman–Crippen MR) is 126 cm³/mol. The maximum atomic E-state index is 12.7. The van der Waals surface area contributed by atoms with Gasteiger partial charge < -0.3 is 20.0 Å². The van der Waals surface area contributed by atoms with Gasteiger partial charge in [0.05, 0.1) is 12.7 Å². The van der Waals surface area contributed by atoms with Crippen molar-refractivity contribution in [2.75, 3.05) is 39.6 Å². The van der Waals surface area contributed by atoms with Crippen LogP contribution in [0.4, 0.5) is 5.69 Å². The van der Waals surface area contributed by atoms with Gasteiger partial charge >= 0.3 is 0 Å². The van der Waals surface area contributed by atoms with E-state index in [1.165, 1.54) is 16.7 Å². The molecule has 0 radical (unpaired) electrons. The van der Waals surface area contributed by atoms with Crippen LogP contribution in [0.2, 0.25) is 0 Å². The highest BCUT2D eigenvalue weighted by Crippen LogP contribution is 2.28. The zero-order valence-electron chi connectivity index (χ0n) is 19.2. The van der Waals surface area contributed by atoms with Crippen LogP contribution in [0.1, 0.15) is 41.8 Å². The molecule has 0 fully saturated rings. The Balaban J connectivity index is 1.73. The largest absolute Gasteiger partial charge is 0.481 e. The second kappa shape index (κ2) is 9.64. The number of anilines is 1. The van der Waals surface area contributed by atoms with E-state index in [-0.39, 0.29) is 5.91 Å². The highest BCUT2D eigenvalue weighted by Gasteiger charge is 2.19. The molecule has 1 amide bonds. The third-order valence-electron chi connectivity index (χ3n) is 5.45. The van der Waals surface area contributed by atoms with E-state index in [9.17, 15) is 4.79 Å². The Labute approximate surface area is 184 Å². The first-order valence-corrected chi connectivity index (χ1v) is 10.4. The summed E-state index contributed by atoms with van der Waals surface area (Å²) in [5, 5.41) is 9.33. The van der Waals surface area contributed by atoms with E-state index in [1.807, 2.05) is 45.1 Å². The molecule has 0 bridgehead atoms. The molecule has 7 nitrogen and oxygen atoms in total. The molecule has 2 heterocycles. The molecule has 1 aromatic heterocycles. The minimum atomic E-state index is -0.185. The molecular formula is C24H31N5O2. The van der Waals surface area contributed by atoms with E-state index in [4.69, 9.17) is 4.74 Å². The van der Waals surface area contributed by atoms with Crippen LogP contribution in [0, 0.1) is 6.92 Å². The lowest BCUT2D eigenvalue weighted by Crippen LogP contribution is -2.36. The summed E-state index contributed by atoms with van der Waals surface area (Å²) in [7, 11) is 5.43. The van der Waals surface area contributed by atoms with Crippen LogP contribution in [0.5, 0.6) is 5.88 Å². The number of carbonyl (C=O) groups is 1. The van der Waals surface area contributed by atoms with Gasteiger partial charge in [-0.2, -0.15) is 5.10 Å². The molecule has 31 heavy (non-hydrogen) atoms. The molecule has 0 spiro atoms. The number of aryl methyl sites for hydroxylation is 1. The van der Waals surface area contributed by atoms with E-state index < -0.39 is 0 Å². The molecule has 0 saturated carbocycles. The Morgan fingerprint density at radius 2 is 1.94 bits per heavy atom. The first-order chi connectivity index (χ1) is 14.8. The van der Waals surface area contributed by atoms with Gasteiger partial charge in [-0.25, -0.2) is 4.98 Å². The first-order valence-electron chi connectivity index (χ1n) is 10.4. The maximum absolute atomic E-state index is 12.7. The number of amides is 1. The summed E-state index contributed by atoms with van der Waals surface area (Å²) in [4.78, 5) is 19.1. The van der Waals surface area contributed by atoms with Gasteiger partial charge in [-0.3, -0.25) is 4.79 Å². The average Bonchev–Trinajstić information content (AvgIpc) is 2.74. The quantitative estimate of drug-likeness (QED) is 0.449. The summed E-state index contributed by atoms with van der Waals surface area (Å²) in [5.74, 6) is 1.33. The molecule has 3 rings (SSSR count). The van der Waals surface area contributed by atoms with Gasteiger partial charge in [0.25, 0.3) is 5.91 Å². The van der Waals surface area contributed by atoms with Crippen LogP contribution in [0.25, 0.3) is 5.57 Å². The zero-order valence-corrected chi connectivity index (χ0v) is 19.2. The summed E-state index contributed by atoms with van der Waals surface area (Å²) in [6.07, 6.45) is 2.55. The minimum Gasteiger partial charge on any atom is -0.481 e. The van der Waals surface area contributed by atoms with Gasteiger partial charge in [-0.05, 0) is 56.0 Å². The molecule has 0 saturated heterocycles. The number of hydrogen-bond acceptors (Lipinski definition) is 5. The number of aromatic nitrogens is 1. The number of ether oxygens (including phenoxy) is 1. The van der Waals surface area contributed by atoms with Crippen LogP contribution in [0.15, 0.2) is 47.2 Å². The van der Waals surface area contributed by atoms with Crippen molar-refractivity contribution in [3.05, 3.63) is 58.8 Å². The molecule has 2 aromatic rings. The van der Waals surface area contributed by atoms with Crippen LogP contribution in [-0.2, 0) is 0 Å². The molecule has 0 atom stereocenters. The summed E-state index contributed by atoms with van der Waals surface area (Å²) in [6, 6.07) is 9.77. The van der Waals surface area contributed by atoms with Crippen molar-refractivity contribution in [2.45, 2.75) is 27.2 Å². The Morgan fingerprint density at radius 3 is 2.55 bits per heavy atom. The van der Waals surface area contributed by atoms with Crippen molar-refractivity contribution in [1.82, 2.24) is 14.9 Å². The van der Waals surface area contributed by atoms with Crippen LogP contribution in [0.3, 0.4) is 0 Å². The lowest BCUT2D eigenvalue weighted by Gasteiger charge is -2.32. The van der Waals surface area contributed by atoms with Gasteiger partial charge in [0, 0.05) is 45.1 Å². The zero-order chi connectivity index (χ0) is 22.5. The fourth-order valence-corrected chi connectivity index (χ4v) is 3.66.